The van der Waals surface area contributed by atoms with Crippen LogP contribution in [-0.2, 0) is 21.3 Å². The maximum absolute atomic E-state index is 13.9. The van der Waals surface area contributed by atoms with Crippen molar-refractivity contribution in [3.05, 3.63) is 124 Å². The third kappa shape index (κ3) is 6.47. The van der Waals surface area contributed by atoms with Crippen LogP contribution in [0.1, 0.15) is 38.8 Å². The summed E-state index contributed by atoms with van der Waals surface area (Å²) in [4.78, 5) is 25.6. The summed E-state index contributed by atoms with van der Waals surface area (Å²) in [5, 5.41) is 2.88. The molecule has 0 aromatic heterocycles. The van der Waals surface area contributed by atoms with Crippen molar-refractivity contribution in [2.45, 2.75) is 25.3 Å². The predicted octanol–water partition coefficient (Wildman–Crippen LogP) is 6.47. The molecular weight excluding hydrogens is 536 g/mol. The topological polar surface area (TPSA) is 92.8 Å². The van der Waals surface area contributed by atoms with Crippen LogP contribution in [0, 0.1) is 6.92 Å². The molecule has 0 bridgehead atoms. The quantitative estimate of drug-likeness (QED) is 0.236. The zero-order valence-electron chi connectivity index (χ0n) is 21.4. The lowest BCUT2D eigenvalue weighted by Crippen LogP contribution is -2.32. The third-order valence-corrected chi connectivity index (χ3v) is 8.01. The lowest BCUT2D eigenvalue weighted by Gasteiger charge is -2.27. The minimum absolute atomic E-state index is 0.0103. The van der Waals surface area contributed by atoms with Crippen molar-refractivity contribution >= 4 is 44.9 Å². The fraction of sp³-hybridized carbons (Fsp3) is 0.133. The monoisotopic (exact) mass is 562 g/mol. The van der Waals surface area contributed by atoms with Crippen molar-refractivity contribution in [1.82, 2.24) is 0 Å². The summed E-state index contributed by atoms with van der Waals surface area (Å²) in [6.45, 7) is 3.81. The molecule has 0 aliphatic heterocycles. The van der Waals surface area contributed by atoms with Gasteiger partial charge in [0.05, 0.1) is 45.6 Å². The van der Waals surface area contributed by atoms with E-state index in [1.54, 1.807) is 55.5 Å². The molecule has 39 heavy (non-hydrogen) atoms. The molecule has 0 saturated carbocycles. The number of aryl methyl sites for hydroxylation is 1. The van der Waals surface area contributed by atoms with E-state index in [0.29, 0.717) is 0 Å². The van der Waals surface area contributed by atoms with Crippen LogP contribution in [0.25, 0.3) is 0 Å². The highest BCUT2D eigenvalue weighted by Crippen LogP contribution is 2.31. The Morgan fingerprint density at radius 1 is 0.897 bits per heavy atom. The second-order valence-electron chi connectivity index (χ2n) is 8.70. The van der Waals surface area contributed by atoms with Crippen molar-refractivity contribution in [2.24, 2.45) is 0 Å². The number of amides is 1. The van der Waals surface area contributed by atoms with Crippen LogP contribution in [0.5, 0.6) is 0 Å². The summed E-state index contributed by atoms with van der Waals surface area (Å²) in [6, 6.07) is 26.6. The Balaban J connectivity index is 1.73. The largest absolute Gasteiger partial charge is 0.462 e. The first-order valence-corrected chi connectivity index (χ1v) is 14.0. The van der Waals surface area contributed by atoms with E-state index in [1.807, 2.05) is 37.3 Å². The molecule has 9 heteroatoms. The molecular formula is C30H27ClN2O5S. The van der Waals surface area contributed by atoms with Gasteiger partial charge in [0.2, 0.25) is 0 Å². The first-order chi connectivity index (χ1) is 18.7. The number of halogens is 1. The molecule has 0 spiro atoms. The van der Waals surface area contributed by atoms with Gasteiger partial charge in [-0.25, -0.2) is 13.2 Å². The van der Waals surface area contributed by atoms with Gasteiger partial charge in [-0.1, -0.05) is 71.8 Å². The van der Waals surface area contributed by atoms with Gasteiger partial charge in [-0.3, -0.25) is 9.10 Å². The van der Waals surface area contributed by atoms with Crippen LogP contribution >= 0.6 is 11.6 Å². The molecule has 4 rings (SSSR count). The Morgan fingerprint density at radius 3 is 2.23 bits per heavy atom. The van der Waals surface area contributed by atoms with Crippen LogP contribution in [0.15, 0.2) is 102 Å². The number of hydrogen-bond acceptors (Lipinski definition) is 5. The number of nitrogens with one attached hydrogen (secondary N) is 1. The van der Waals surface area contributed by atoms with Gasteiger partial charge in [0.1, 0.15) is 0 Å². The van der Waals surface area contributed by atoms with E-state index in [0.717, 1.165) is 11.1 Å². The number of benzene rings is 4. The normalized spacial score (nSPS) is 11.1. The Bertz CT molecular complexity index is 1590. The smallest absolute Gasteiger partial charge is 0.338 e. The number of esters is 1. The lowest BCUT2D eigenvalue weighted by atomic mass is 10.1. The highest BCUT2D eigenvalue weighted by Gasteiger charge is 2.29. The highest BCUT2D eigenvalue weighted by atomic mass is 35.5. The number of nitrogens with zero attached hydrogens (tertiary/aromatic N) is 1. The molecule has 4 aromatic carbocycles. The molecule has 0 radical (unpaired) electrons. The van der Waals surface area contributed by atoms with Crippen molar-refractivity contribution in [3.63, 3.8) is 0 Å². The van der Waals surface area contributed by atoms with Crippen molar-refractivity contribution in [2.75, 3.05) is 16.2 Å². The summed E-state index contributed by atoms with van der Waals surface area (Å²) < 4.78 is 34.1. The van der Waals surface area contributed by atoms with Gasteiger partial charge < -0.3 is 10.1 Å². The van der Waals surface area contributed by atoms with Gasteiger partial charge in [0, 0.05) is 0 Å². The number of sulfonamides is 1. The maximum Gasteiger partial charge on any atom is 0.338 e. The molecule has 0 atom stereocenters. The van der Waals surface area contributed by atoms with Gasteiger partial charge in [-0.2, -0.15) is 0 Å². The van der Waals surface area contributed by atoms with E-state index in [1.165, 1.54) is 22.5 Å². The van der Waals surface area contributed by atoms with Crippen LogP contribution in [-0.4, -0.2) is 26.9 Å². The fourth-order valence-corrected chi connectivity index (χ4v) is 5.62. The molecule has 4 aromatic rings. The molecule has 200 valence electrons. The average Bonchev–Trinajstić information content (AvgIpc) is 2.93. The minimum atomic E-state index is -4.05. The van der Waals surface area contributed by atoms with E-state index in [9.17, 15) is 18.0 Å². The first kappa shape index (κ1) is 27.9. The second kappa shape index (κ2) is 12.1. The number of rotatable bonds is 9. The van der Waals surface area contributed by atoms with E-state index in [4.69, 9.17) is 16.3 Å². The van der Waals surface area contributed by atoms with E-state index in [2.05, 4.69) is 5.32 Å². The summed E-state index contributed by atoms with van der Waals surface area (Å²) in [6.07, 6.45) is 0. The SMILES string of the molecule is CCOC(=O)c1ccc(NC(=O)c2ccccc2N(Cc2ccccc2)S(=O)(=O)c2ccc(C)cc2)c(Cl)c1. The van der Waals surface area contributed by atoms with Crippen molar-refractivity contribution in [3.8, 4) is 0 Å². The summed E-state index contributed by atoms with van der Waals surface area (Å²) >= 11 is 6.35. The molecule has 0 saturated heterocycles. The van der Waals surface area contributed by atoms with Crippen LogP contribution in [0.4, 0.5) is 11.4 Å². The van der Waals surface area contributed by atoms with Gasteiger partial charge in [-0.15, -0.1) is 0 Å². The Morgan fingerprint density at radius 2 is 1.56 bits per heavy atom. The molecule has 0 fully saturated rings. The number of ether oxygens (including phenoxy) is 1. The van der Waals surface area contributed by atoms with E-state index < -0.39 is 21.9 Å². The van der Waals surface area contributed by atoms with E-state index >= 15 is 0 Å². The van der Waals surface area contributed by atoms with Crippen molar-refractivity contribution in [1.29, 1.82) is 0 Å². The summed E-state index contributed by atoms with van der Waals surface area (Å²) in [5.41, 5.74) is 2.53. The lowest BCUT2D eigenvalue weighted by molar-refractivity contribution is 0.0526. The summed E-state index contributed by atoms with van der Waals surface area (Å²) in [7, 11) is -4.05. The van der Waals surface area contributed by atoms with Gasteiger partial charge in [-0.05, 0) is 61.9 Å². The average molecular weight is 563 g/mol. The zero-order valence-corrected chi connectivity index (χ0v) is 23.0. The molecule has 1 amide bonds. The molecule has 0 unspecified atom stereocenters. The number of anilines is 2. The predicted molar refractivity (Wildman–Crippen MR) is 153 cm³/mol. The first-order valence-electron chi connectivity index (χ1n) is 12.2. The Hall–Kier alpha value is -4.14. The molecule has 1 N–H and O–H groups in total. The standard InChI is InChI=1S/C30H27ClN2O5S/c1-3-38-30(35)23-15-18-27(26(31)19-23)32-29(34)25-11-7-8-12-28(25)33(20-22-9-5-4-6-10-22)39(36,37)24-16-13-21(2)14-17-24/h4-19H,3,20H2,1-2H3,(H,32,34). The van der Waals surface area contributed by atoms with Crippen LogP contribution < -0.4 is 9.62 Å². The third-order valence-electron chi connectivity index (χ3n) is 5.92. The second-order valence-corrected chi connectivity index (χ2v) is 11.0. The Labute approximate surface area is 233 Å². The fourth-order valence-electron chi connectivity index (χ4n) is 3.92. The summed E-state index contributed by atoms with van der Waals surface area (Å²) in [5.74, 6) is -1.09. The minimum Gasteiger partial charge on any atom is -0.462 e. The Kier molecular flexibility index (Phi) is 8.69. The molecule has 7 nitrogen and oxygen atoms in total. The van der Waals surface area contributed by atoms with Gasteiger partial charge >= 0.3 is 5.97 Å². The van der Waals surface area contributed by atoms with E-state index in [-0.39, 0.29) is 45.6 Å². The maximum atomic E-state index is 13.9. The number of carbonyl (C=O) groups is 2. The van der Waals surface area contributed by atoms with Crippen LogP contribution in [0.3, 0.4) is 0 Å². The number of carbonyl (C=O) groups excluding carboxylic acids is 2. The molecule has 0 aliphatic rings. The zero-order chi connectivity index (χ0) is 28.0. The highest BCUT2D eigenvalue weighted by molar-refractivity contribution is 7.92. The molecule has 0 heterocycles. The number of hydrogen-bond donors (Lipinski definition) is 1. The van der Waals surface area contributed by atoms with Gasteiger partial charge in [0.25, 0.3) is 15.9 Å². The van der Waals surface area contributed by atoms with Crippen LogP contribution in [0.2, 0.25) is 5.02 Å². The molecule has 0 aliphatic carbocycles. The van der Waals surface area contributed by atoms with Crippen molar-refractivity contribution < 1.29 is 22.7 Å². The number of para-hydroxylation sites is 1. The van der Waals surface area contributed by atoms with Gasteiger partial charge in [0.15, 0.2) is 0 Å².